The summed E-state index contributed by atoms with van der Waals surface area (Å²) in [6, 6.07) is 11.2. The van der Waals surface area contributed by atoms with Crippen LogP contribution in [0, 0.1) is 0 Å². The van der Waals surface area contributed by atoms with E-state index in [0.717, 1.165) is 11.3 Å². The lowest BCUT2D eigenvalue weighted by Gasteiger charge is -2.35. The van der Waals surface area contributed by atoms with E-state index in [0.29, 0.717) is 43.0 Å². The third kappa shape index (κ3) is 8.44. The lowest BCUT2D eigenvalue weighted by atomic mass is 9.93. The van der Waals surface area contributed by atoms with Gasteiger partial charge in [0.25, 0.3) is 0 Å². The van der Waals surface area contributed by atoms with E-state index in [1.165, 1.54) is 11.0 Å². The molecule has 1 atom stereocenters. The first-order valence-electron chi connectivity index (χ1n) is 15.9. The molecule has 1 aliphatic heterocycles. The number of carbonyl (C=O) groups excluding carboxylic acids is 3. The first kappa shape index (κ1) is 34.5. The molecule has 0 saturated carbocycles. The van der Waals surface area contributed by atoms with Gasteiger partial charge in [-0.25, -0.2) is 19.5 Å². The van der Waals surface area contributed by atoms with Gasteiger partial charge in [0.1, 0.15) is 23.2 Å². The van der Waals surface area contributed by atoms with Gasteiger partial charge in [0.2, 0.25) is 5.91 Å². The van der Waals surface area contributed by atoms with Gasteiger partial charge in [0, 0.05) is 36.3 Å². The number of rotatable bonds is 7. The number of hydrogen-bond donors (Lipinski definition) is 1. The van der Waals surface area contributed by atoms with Crippen LogP contribution in [0.15, 0.2) is 54.7 Å². The molecule has 0 spiro atoms. The Morgan fingerprint density at radius 3 is 2.20 bits per heavy atom. The molecule has 1 unspecified atom stereocenters. The molecule has 11 heteroatoms. The van der Waals surface area contributed by atoms with E-state index >= 15 is 0 Å². The van der Waals surface area contributed by atoms with Gasteiger partial charge in [-0.15, -0.1) is 0 Å². The highest BCUT2D eigenvalue weighted by Crippen LogP contribution is 2.35. The molecule has 46 heavy (non-hydrogen) atoms. The second-order valence-corrected chi connectivity index (χ2v) is 13.9. The van der Waals surface area contributed by atoms with Crippen LogP contribution in [0.4, 0.5) is 15.4 Å². The first-order valence-corrected chi connectivity index (χ1v) is 15.9. The van der Waals surface area contributed by atoms with Crippen molar-refractivity contribution in [3.8, 4) is 0 Å². The second-order valence-electron chi connectivity index (χ2n) is 13.9. The normalized spacial score (nSPS) is 15.3. The molecule has 3 aromatic rings. The quantitative estimate of drug-likeness (QED) is 0.218. The Kier molecular flexibility index (Phi) is 10.4. The number of allylic oxidation sites excluding steroid dienone is 1. The smallest absolute Gasteiger partial charge is 0.418 e. The van der Waals surface area contributed by atoms with Crippen molar-refractivity contribution in [1.82, 2.24) is 24.8 Å². The van der Waals surface area contributed by atoms with Crippen LogP contribution in [-0.4, -0.2) is 61.9 Å². The van der Waals surface area contributed by atoms with E-state index in [1.54, 1.807) is 49.4 Å². The molecular weight excluding hydrogens is 584 g/mol. The molecule has 1 saturated heterocycles. The van der Waals surface area contributed by atoms with Crippen LogP contribution in [0.5, 0.6) is 0 Å². The van der Waals surface area contributed by atoms with E-state index in [4.69, 9.17) is 19.6 Å². The van der Waals surface area contributed by atoms with E-state index in [-0.39, 0.29) is 23.8 Å². The number of anilines is 1. The molecule has 0 aliphatic carbocycles. The number of likely N-dealkylation sites (tertiary alicyclic amines) is 1. The largest absolute Gasteiger partial charge is 0.444 e. The van der Waals surface area contributed by atoms with Crippen LogP contribution in [-0.2, 0) is 14.3 Å². The monoisotopic (exact) mass is 632 g/mol. The highest BCUT2D eigenvalue weighted by atomic mass is 16.6. The zero-order chi connectivity index (χ0) is 33.8. The van der Waals surface area contributed by atoms with Crippen LogP contribution in [0.1, 0.15) is 110 Å². The first-order chi connectivity index (χ1) is 21.6. The number of amides is 3. The van der Waals surface area contributed by atoms with Crippen molar-refractivity contribution < 1.29 is 23.9 Å². The van der Waals surface area contributed by atoms with Crippen LogP contribution in [0.3, 0.4) is 0 Å². The van der Waals surface area contributed by atoms with Crippen LogP contribution >= 0.6 is 0 Å². The Hall–Kier alpha value is -4.41. The van der Waals surface area contributed by atoms with Crippen LogP contribution < -0.4 is 10.2 Å². The number of ether oxygens (including phenoxy) is 2. The summed E-state index contributed by atoms with van der Waals surface area (Å²) in [5.41, 5.74) is 1.60. The molecule has 3 amide bonds. The fourth-order valence-corrected chi connectivity index (χ4v) is 5.36. The SMILES string of the molecule is CC=CC(=O)NC(c1ccccc1)N(C(=O)OC(C)(C)C)c1cc(C2CCN(C(=O)OC(C)(C)C)CC2)nc2c(C(C)C)cnn12. The van der Waals surface area contributed by atoms with Crippen LogP contribution in [0.2, 0.25) is 0 Å². The van der Waals surface area contributed by atoms with Gasteiger partial charge in [-0.3, -0.25) is 4.79 Å². The summed E-state index contributed by atoms with van der Waals surface area (Å²) in [5.74, 6) is 0.153. The van der Waals surface area contributed by atoms with Crippen molar-refractivity contribution in [2.24, 2.45) is 0 Å². The molecule has 2 aromatic heterocycles. The van der Waals surface area contributed by atoms with Crippen molar-refractivity contribution in [2.75, 3.05) is 18.0 Å². The molecule has 0 bridgehead atoms. The van der Waals surface area contributed by atoms with Gasteiger partial charge >= 0.3 is 12.2 Å². The van der Waals surface area contributed by atoms with Gasteiger partial charge in [-0.1, -0.05) is 50.3 Å². The molecule has 1 fully saturated rings. The fourth-order valence-electron chi connectivity index (χ4n) is 5.36. The molecule has 4 rings (SSSR count). The number of aromatic nitrogens is 3. The minimum Gasteiger partial charge on any atom is -0.444 e. The van der Waals surface area contributed by atoms with E-state index < -0.39 is 23.5 Å². The van der Waals surface area contributed by atoms with E-state index in [9.17, 15) is 14.4 Å². The maximum atomic E-state index is 14.2. The third-order valence-corrected chi connectivity index (χ3v) is 7.49. The zero-order valence-corrected chi connectivity index (χ0v) is 28.5. The molecule has 1 aromatic carbocycles. The molecule has 1 N–H and O–H groups in total. The summed E-state index contributed by atoms with van der Waals surface area (Å²) in [7, 11) is 0. The summed E-state index contributed by atoms with van der Waals surface area (Å²) in [6.45, 7) is 17.9. The number of hydrogen-bond acceptors (Lipinski definition) is 7. The molecule has 1 aliphatic rings. The van der Waals surface area contributed by atoms with Gasteiger partial charge < -0.3 is 19.7 Å². The minimum atomic E-state index is -0.932. The van der Waals surface area contributed by atoms with E-state index in [2.05, 4.69) is 19.2 Å². The zero-order valence-electron chi connectivity index (χ0n) is 28.5. The molecule has 11 nitrogen and oxygen atoms in total. The molecule has 248 valence electrons. The van der Waals surface area contributed by atoms with Crippen LogP contribution in [0.25, 0.3) is 5.65 Å². The number of nitrogens with one attached hydrogen (secondary N) is 1. The highest BCUT2D eigenvalue weighted by molar-refractivity contribution is 5.92. The highest BCUT2D eigenvalue weighted by Gasteiger charge is 2.36. The predicted octanol–water partition coefficient (Wildman–Crippen LogP) is 7.10. The Labute approximate surface area is 271 Å². The molecular formula is C35H48N6O5. The van der Waals surface area contributed by atoms with Crippen molar-refractivity contribution in [3.63, 3.8) is 0 Å². The summed E-state index contributed by atoms with van der Waals surface area (Å²) < 4.78 is 13.2. The summed E-state index contributed by atoms with van der Waals surface area (Å²) in [5, 5.41) is 7.70. The average molecular weight is 633 g/mol. The third-order valence-electron chi connectivity index (χ3n) is 7.49. The maximum absolute atomic E-state index is 14.2. The van der Waals surface area contributed by atoms with Crippen molar-refractivity contribution in [2.45, 2.75) is 104 Å². The number of benzene rings is 1. The number of nitrogens with zero attached hydrogens (tertiary/aromatic N) is 5. The van der Waals surface area contributed by atoms with Gasteiger partial charge in [0.15, 0.2) is 5.65 Å². The fraction of sp³-hybridized carbons (Fsp3) is 0.514. The summed E-state index contributed by atoms with van der Waals surface area (Å²) in [6.07, 6.45) is 4.25. The molecule has 0 radical (unpaired) electrons. The summed E-state index contributed by atoms with van der Waals surface area (Å²) >= 11 is 0. The van der Waals surface area contributed by atoms with Crippen molar-refractivity contribution in [1.29, 1.82) is 0 Å². The second kappa shape index (κ2) is 13.9. The lowest BCUT2D eigenvalue weighted by Crippen LogP contribution is -2.47. The Balaban J connectivity index is 1.86. The van der Waals surface area contributed by atoms with Crippen molar-refractivity contribution in [3.05, 3.63) is 71.6 Å². The standard InChI is InChI=1S/C35H48N6O5/c1-10-14-28(42)38-30(25-15-12-11-13-16-25)40(33(44)46-35(7,8)9)29-21-27(37-31-26(23(2)3)22-36-41(29)31)24-17-19-39(20-18-24)32(43)45-34(4,5)6/h10-16,21-24,30H,17-20H2,1-9H3,(H,38,42). The summed E-state index contributed by atoms with van der Waals surface area (Å²) in [4.78, 5) is 48.3. The number of piperidine rings is 1. The Morgan fingerprint density at radius 2 is 1.63 bits per heavy atom. The van der Waals surface area contributed by atoms with E-state index in [1.807, 2.05) is 57.2 Å². The topological polar surface area (TPSA) is 118 Å². The number of fused-ring (bicyclic) bond motifs is 1. The lowest BCUT2D eigenvalue weighted by molar-refractivity contribution is -0.117. The van der Waals surface area contributed by atoms with Gasteiger partial charge in [0.05, 0.1) is 6.20 Å². The molecule has 3 heterocycles. The van der Waals surface area contributed by atoms with Gasteiger partial charge in [-0.2, -0.15) is 9.61 Å². The Morgan fingerprint density at radius 1 is 1.00 bits per heavy atom. The maximum Gasteiger partial charge on any atom is 0.418 e. The Bertz CT molecular complexity index is 1560. The van der Waals surface area contributed by atoms with Gasteiger partial charge in [-0.05, 0) is 78.9 Å². The predicted molar refractivity (Wildman–Crippen MR) is 178 cm³/mol. The minimum absolute atomic E-state index is 0.00521. The number of carbonyl (C=O) groups is 3. The average Bonchev–Trinajstić information content (AvgIpc) is 3.40. The van der Waals surface area contributed by atoms with Crippen molar-refractivity contribution >= 4 is 29.6 Å².